The van der Waals surface area contributed by atoms with Crippen LogP contribution in [0.1, 0.15) is 57.8 Å². The molecule has 4 aliphatic rings. The highest BCUT2D eigenvalue weighted by molar-refractivity contribution is 5.74. The molecule has 0 saturated heterocycles. The summed E-state index contributed by atoms with van der Waals surface area (Å²) in [5.41, 5.74) is 2.25. The van der Waals surface area contributed by atoms with Gasteiger partial charge in [-0.1, -0.05) is 26.0 Å². The molecule has 3 nitrogen and oxygen atoms in total. The minimum absolute atomic E-state index is 0.333. The number of nitrogens with one attached hydrogen (secondary N) is 2. The largest absolute Gasteiger partial charge is 0.341 e. The van der Waals surface area contributed by atoms with Crippen LogP contribution in [-0.2, 0) is 0 Å². The van der Waals surface area contributed by atoms with Crippen LogP contribution in [0.5, 0.6) is 0 Å². The van der Waals surface area contributed by atoms with Gasteiger partial charge in [0, 0.05) is 6.04 Å². The molecule has 0 aliphatic heterocycles. The Morgan fingerprint density at radius 2 is 1.67 bits per heavy atom. The SMILES string of the molecule is CC(C)[C@@H](NC1C2CC3CC(C2)CC1C3)c1nc2ccccc2[nH]1. The van der Waals surface area contributed by atoms with Gasteiger partial charge in [0.15, 0.2) is 0 Å². The summed E-state index contributed by atoms with van der Waals surface area (Å²) in [5.74, 6) is 5.56. The third kappa shape index (κ3) is 2.40. The van der Waals surface area contributed by atoms with E-state index in [1.54, 1.807) is 0 Å². The first kappa shape index (κ1) is 14.9. The van der Waals surface area contributed by atoms with Crippen molar-refractivity contribution in [1.82, 2.24) is 15.3 Å². The highest BCUT2D eigenvalue weighted by Gasteiger charge is 2.48. The topological polar surface area (TPSA) is 40.7 Å². The predicted molar refractivity (Wildman–Crippen MR) is 97.6 cm³/mol. The number of rotatable bonds is 4. The molecule has 1 aromatic heterocycles. The molecule has 1 atom stereocenters. The van der Waals surface area contributed by atoms with E-state index in [4.69, 9.17) is 4.98 Å². The van der Waals surface area contributed by atoms with Crippen LogP contribution in [0.15, 0.2) is 24.3 Å². The first-order valence-electron chi connectivity index (χ1n) is 9.88. The number of benzene rings is 1. The maximum absolute atomic E-state index is 4.90. The molecular formula is C21H29N3. The fraction of sp³-hybridized carbons (Fsp3) is 0.667. The molecule has 4 fully saturated rings. The van der Waals surface area contributed by atoms with Gasteiger partial charge in [-0.2, -0.15) is 0 Å². The molecule has 4 saturated carbocycles. The van der Waals surface area contributed by atoms with Gasteiger partial charge in [0.2, 0.25) is 0 Å². The third-order valence-corrected chi connectivity index (χ3v) is 6.97. The van der Waals surface area contributed by atoms with E-state index in [1.165, 1.54) is 32.1 Å². The second-order valence-electron chi connectivity index (χ2n) is 8.98. The van der Waals surface area contributed by atoms with Gasteiger partial charge in [-0.15, -0.1) is 0 Å². The van der Waals surface area contributed by atoms with E-state index in [2.05, 4.69) is 48.4 Å². The molecule has 6 rings (SSSR count). The lowest BCUT2D eigenvalue weighted by Crippen LogP contribution is -2.55. The smallest absolute Gasteiger partial charge is 0.124 e. The molecule has 0 unspecified atom stereocenters. The number of hydrogen-bond acceptors (Lipinski definition) is 2. The fourth-order valence-electron chi connectivity index (χ4n) is 6.11. The molecule has 1 aromatic carbocycles. The summed E-state index contributed by atoms with van der Waals surface area (Å²) in [6.07, 6.45) is 7.40. The van der Waals surface area contributed by atoms with Crippen molar-refractivity contribution in [2.24, 2.45) is 29.6 Å². The summed E-state index contributed by atoms with van der Waals surface area (Å²) >= 11 is 0. The Labute approximate surface area is 144 Å². The molecule has 2 aromatic rings. The van der Waals surface area contributed by atoms with E-state index in [0.717, 1.165) is 40.5 Å². The normalized spacial score (nSPS) is 35.9. The van der Waals surface area contributed by atoms with Crippen LogP contribution in [0.25, 0.3) is 11.0 Å². The van der Waals surface area contributed by atoms with Gasteiger partial charge in [0.1, 0.15) is 5.82 Å². The second kappa shape index (κ2) is 5.59. The van der Waals surface area contributed by atoms with Gasteiger partial charge < -0.3 is 10.3 Å². The van der Waals surface area contributed by atoms with E-state index in [-0.39, 0.29) is 0 Å². The first-order chi connectivity index (χ1) is 11.7. The first-order valence-corrected chi connectivity index (χ1v) is 9.88. The molecule has 128 valence electrons. The zero-order valence-electron chi connectivity index (χ0n) is 14.8. The molecule has 4 aliphatic carbocycles. The number of imidazole rings is 1. The van der Waals surface area contributed by atoms with Crippen molar-refractivity contribution in [2.45, 2.75) is 58.0 Å². The molecule has 2 N–H and O–H groups in total. The van der Waals surface area contributed by atoms with Crippen LogP contribution in [0.2, 0.25) is 0 Å². The lowest BCUT2D eigenvalue weighted by Gasteiger charge is -2.55. The quantitative estimate of drug-likeness (QED) is 0.858. The van der Waals surface area contributed by atoms with Crippen molar-refractivity contribution in [3.05, 3.63) is 30.1 Å². The Kier molecular flexibility index (Phi) is 3.48. The van der Waals surface area contributed by atoms with Crippen LogP contribution in [0.4, 0.5) is 0 Å². The van der Waals surface area contributed by atoms with Crippen molar-refractivity contribution in [3.63, 3.8) is 0 Å². The number of para-hydroxylation sites is 2. The number of aromatic amines is 1. The van der Waals surface area contributed by atoms with Crippen molar-refractivity contribution >= 4 is 11.0 Å². The number of H-pyrrole nitrogens is 1. The Hall–Kier alpha value is -1.35. The summed E-state index contributed by atoms with van der Waals surface area (Å²) < 4.78 is 0. The van der Waals surface area contributed by atoms with E-state index in [1.807, 2.05) is 0 Å². The molecule has 0 radical (unpaired) electrons. The van der Waals surface area contributed by atoms with Crippen molar-refractivity contribution in [1.29, 1.82) is 0 Å². The number of hydrogen-bond donors (Lipinski definition) is 2. The molecule has 4 bridgehead atoms. The van der Waals surface area contributed by atoms with Crippen molar-refractivity contribution in [3.8, 4) is 0 Å². The fourth-order valence-corrected chi connectivity index (χ4v) is 6.11. The standard InChI is InChI=1S/C21H29N3/c1-12(2)19(21-22-17-5-3-4-6-18(17)23-21)24-20-15-8-13-7-14(10-15)11-16(20)9-13/h3-6,12-16,19-20,24H,7-11H2,1-2H3,(H,22,23)/t13?,14?,15?,16?,19-,20?/m1/s1. The highest BCUT2D eigenvalue weighted by atomic mass is 15.1. The van der Waals surface area contributed by atoms with Crippen LogP contribution in [0, 0.1) is 29.6 Å². The lowest BCUT2D eigenvalue weighted by molar-refractivity contribution is -0.0202. The maximum Gasteiger partial charge on any atom is 0.124 e. The Morgan fingerprint density at radius 3 is 2.29 bits per heavy atom. The average Bonchev–Trinajstić information content (AvgIpc) is 2.96. The van der Waals surface area contributed by atoms with Gasteiger partial charge in [-0.3, -0.25) is 0 Å². The number of nitrogens with zero attached hydrogens (tertiary/aromatic N) is 1. The predicted octanol–water partition coefficient (Wildman–Crippen LogP) is 4.67. The summed E-state index contributed by atoms with van der Waals surface area (Å²) in [5, 5.41) is 4.08. The van der Waals surface area contributed by atoms with Gasteiger partial charge in [-0.05, 0) is 73.8 Å². The zero-order valence-corrected chi connectivity index (χ0v) is 14.8. The van der Waals surface area contributed by atoms with E-state index in [9.17, 15) is 0 Å². The summed E-state index contributed by atoms with van der Waals surface area (Å²) in [6, 6.07) is 9.43. The van der Waals surface area contributed by atoms with E-state index < -0.39 is 0 Å². The zero-order chi connectivity index (χ0) is 16.3. The maximum atomic E-state index is 4.90. The van der Waals surface area contributed by atoms with Gasteiger partial charge in [0.25, 0.3) is 0 Å². The third-order valence-electron chi connectivity index (χ3n) is 6.97. The van der Waals surface area contributed by atoms with Crippen molar-refractivity contribution in [2.75, 3.05) is 0 Å². The summed E-state index contributed by atoms with van der Waals surface area (Å²) in [4.78, 5) is 8.48. The molecule has 0 spiro atoms. The van der Waals surface area contributed by atoms with E-state index >= 15 is 0 Å². The minimum Gasteiger partial charge on any atom is -0.341 e. The molecule has 3 heteroatoms. The second-order valence-corrected chi connectivity index (χ2v) is 8.98. The average molecular weight is 323 g/mol. The summed E-state index contributed by atoms with van der Waals surface area (Å²) in [7, 11) is 0. The Bertz CT molecular complexity index is 671. The summed E-state index contributed by atoms with van der Waals surface area (Å²) in [6.45, 7) is 4.64. The van der Waals surface area contributed by atoms with Gasteiger partial charge in [-0.25, -0.2) is 4.98 Å². The van der Waals surface area contributed by atoms with E-state index in [0.29, 0.717) is 18.0 Å². The molecular weight excluding hydrogens is 294 g/mol. The minimum atomic E-state index is 0.333. The van der Waals surface area contributed by atoms with Gasteiger partial charge in [0.05, 0.1) is 17.1 Å². The van der Waals surface area contributed by atoms with Crippen molar-refractivity contribution < 1.29 is 0 Å². The molecule has 1 heterocycles. The van der Waals surface area contributed by atoms with Gasteiger partial charge >= 0.3 is 0 Å². The highest BCUT2D eigenvalue weighted by Crippen LogP contribution is 2.54. The Balaban J connectivity index is 1.42. The number of fused-ring (bicyclic) bond motifs is 1. The van der Waals surface area contributed by atoms with Crippen LogP contribution < -0.4 is 5.32 Å². The Morgan fingerprint density at radius 1 is 1.00 bits per heavy atom. The lowest BCUT2D eigenvalue weighted by atomic mass is 9.54. The number of aromatic nitrogens is 2. The van der Waals surface area contributed by atoms with Crippen LogP contribution in [0.3, 0.4) is 0 Å². The monoisotopic (exact) mass is 323 g/mol. The van der Waals surface area contributed by atoms with Crippen LogP contribution >= 0.6 is 0 Å². The molecule has 0 amide bonds. The van der Waals surface area contributed by atoms with Crippen LogP contribution in [-0.4, -0.2) is 16.0 Å². The molecule has 24 heavy (non-hydrogen) atoms.